The quantitative estimate of drug-likeness (QED) is 0.0325. The molecular weight excluding hydrogens is 707 g/mol. The second kappa shape index (κ2) is 44.4. The molecule has 0 aliphatic carbocycles. The Balaban J connectivity index is 4.67. The number of amides is 1. The van der Waals surface area contributed by atoms with Gasteiger partial charge in [-0.1, -0.05) is 229 Å². The molecule has 0 aromatic rings. The molecule has 0 radical (unpaired) electrons. The van der Waals surface area contributed by atoms with Crippen molar-refractivity contribution in [2.24, 2.45) is 0 Å². The van der Waals surface area contributed by atoms with Crippen molar-refractivity contribution in [3.63, 3.8) is 0 Å². The second-order valence-corrected chi connectivity index (χ2v) is 15.9. The van der Waals surface area contributed by atoms with Crippen LogP contribution in [0.2, 0.25) is 0 Å². The zero-order valence-electron chi connectivity index (χ0n) is 37.2. The highest BCUT2D eigenvalue weighted by Crippen LogP contribution is 2.17. The first-order chi connectivity index (χ1) is 28.0. The van der Waals surface area contributed by atoms with Gasteiger partial charge >= 0.3 is 5.97 Å². The zero-order valence-corrected chi connectivity index (χ0v) is 37.2. The lowest BCUT2D eigenvalue weighted by molar-refractivity contribution is -0.151. The molecule has 3 unspecified atom stereocenters. The van der Waals surface area contributed by atoms with Crippen LogP contribution >= 0.6 is 0 Å². The van der Waals surface area contributed by atoms with Crippen molar-refractivity contribution < 1.29 is 24.5 Å². The van der Waals surface area contributed by atoms with Gasteiger partial charge in [-0.15, -0.1) is 0 Å². The summed E-state index contributed by atoms with van der Waals surface area (Å²) in [5, 5.41) is 23.6. The van der Waals surface area contributed by atoms with Crippen molar-refractivity contribution in [3.8, 4) is 0 Å². The minimum absolute atomic E-state index is 0.0580. The molecule has 328 valence electrons. The molecule has 0 aliphatic heterocycles. The van der Waals surface area contributed by atoms with Crippen molar-refractivity contribution >= 4 is 11.9 Å². The third-order valence-electron chi connectivity index (χ3n) is 10.5. The van der Waals surface area contributed by atoms with Gasteiger partial charge in [0.15, 0.2) is 0 Å². The fourth-order valence-electron chi connectivity index (χ4n) is 6.87. The molecule has 3 atom stereocenters. The fraction of sp³-hybridized carbons (Fsp3) is 0.725. The summed E-state index contributed by atoms with van der Waals surface area (Å²) in [5.41, 5.74) is 0. The number of rotatable bonds is 41. The minimum atomic E-state index is -0.795. The van der Waals surface area contributed by atoms with E-state index in [2.05, 4.69) is 44.3 Å². The summed E-state index contributed by atoms with van der Waals surface area (Å²) in [6, 6.07) is -0.710. The molecule has 0 saturated carbocycles. The number of hydrogen-bond acceptors (Lipinski definition) is 5. The van der Waals surface area contributed by atoms with E-state index in [0.29, 0.717) is 19.3 Å². The van der Waals surface area contributed by atoms with Gasteiger partial charge in [0, 0.05) is 6.42 Å². The summed E-state index contributed by atoms with van der Waals surface area (Å²) < 4.78 is 5.89. The van der Waals surface area contributed by atoms with E-state index in [-0.39, 0.29) is 24.9 Å². The molecule has 6 nitrogen and oxygen atoms in total. The van der Waals surface area contributed by atoms with E-state index in [1.807, 2.05) is 54.7 Å². The largest absolute Gasteiger partial charge is 0.462 e. The third-order valence-corrected chi connectivity index (χ3v) is 10.5. The van der Waals surface area contributed by atoms with E-state index in [1.165, 1.54) is 96.3 Å². The van der Waals surface area contributed by atoms with Crippen LogP contribution in [0.15, 0.2) is 72.9 Å². The van der Waals surface area contributed by atoms with Crippen LogP contribution in [0.3, 0.4) is 0 Å². The van der Waals surface area contributed by atoms with Gasteiger partial charge in [0.2, 0.25) is 5.91 Å². The van der Waals surface area contributed by atoms with E-state index in [4.69, 9.17) is 4.74 Å². The molecule has 0 aromatic heterocycles. The number of carbonyl (C=O) groups excluding carboxylic acids is 2. The maximum absolute atomic E-state index is 13.1. The summed E-state index contributed by atoms with van der Waals surface area (Å²) in [6.45, 7) is 6.30. The normalized spacial score (nSPS) is 14.0. The molecule has 0 aromatic carbocycles. The summed E-state index contributed by atoms with van der Waals surface area (Å²) in [7, 11) is 0. The monoisotopic (exact) mass is 796 g/mol. The molecule has 0 heterocycles. The summed E-state index contributed by atoms with van der Waals surface area (Å²) >= 11 is 0. The highest BCUT2D eigenvalue weighted by molar-refractivity contribution is 5.77. The van der Waals surface area contributed by atoms with E-state index in [1.54, 1.807) is 0 Å². The van der Waals surface area contributed by atoms with E-state index < -0.39 is 18.2 Å². The fourth-order valence-corrected chi connectivity index (χ4v) is 6.87. The SMILES string of the molecule is CC\C=C/C=C/C=C/C=C\C=C\C=C\CCCCCC(=O)OC(CCCCCCCCCCCCC)CC(=O)NC(CO)C(O)CCCCCCCCCCCC. The molecule has 1 amide bonds. The Kier molecular flexibility index (Phi) is 42.3. The first kappa shape index (κ1) is 54.3. The van der Waals surface area contributed by atoms with Crippen LogP contribution in [0.5, 0.6) is 0 Å². The van der Waals surface area contributed by atoms with Gasteiger partial charge < -0.3 is 20.3 Å². The Bertz CT molecular complexity index is 1070. The van der Waals surface area contributed by atoms with Crippen LogP contribution in [0.25, 0.3) is 0 Å². The van der Waals surface area contributed by atoms with E-state index in [0.717, 1.165) is 70.6 Å². The lowest BCUT2D eigenvalue weighted by Crippen LogP contribution is -2.46. The van der Waals surface area contributed by atoms with Crippen molar-refractivity contribution in [3.05, 3.63) is 72.9 Å². The number of allylic oxidation sites excluding steroid dienone is 12. The topological polar surface area (TPSA) is 95.9 Å². The van der Waals surface area contributed by atoms with Gasteiger partial charge in [-0.2, -0.15) is 0 Å². The number of carbonyl (C=O) groups is 2. The number of aliphatic hydroxyl groups excluding tert-OH is 2. The van der Waals surface area contributed by atoms with Crippen LogP contribution in [-0.2, 0) is 14.3 Å². The lowest BCUT2D eigenvalue weighted by Gasteiger charge is -2.24. The molecule has 0 aliphatic rings. The van der Waals surface area contributed by atoms with Gasteiger partial charge in [-0.05, 0) is 44.9 Å². The van der Waals surface area contributed by atoms with E-state index >= 15 is 0 Å². The number of aliphatic hydroxyl groups is 2. The minimum Gasteiger partial charge on any atom is -0.462 e. The molecule has 57 heavy (non-hydrogen) atoms. The van der Waals surface area contributed by atoms with Gasteiger partial charge in [-0.25, -0.2) is 0 Å². The van der Waals surface area contributed by atoms with Crippen LogP contribution in [0.4, 0.5) is 0 Å². The molecule has 0 fully saturated rings. The lowest BCUT2D eigenvalue weighted by atomic mass is 10.0. The summed E-state index contributed by atoms with van der Waals surface area (Å²) in [5.74, 6) is -0.528. The molecule has 0 rings (SSSR count). The molecule has 0 saturated heterocycles. The van der Waals surface area contributed by atoms with Crippen molar-refractivity contribution in [2.75, 3.05) is 6.61 Å². The first-order valence-electron chi connectivity index (χ1n) is 23.7. The van der Waals surface area contributed by atoms with Crippen LogP contribution in [0.1, 0.15) is 213 Å². The van der Waals surface area contributed by atoms with Crippen LogP contribution in [-0.4, -0.2) is 46.9 Å². The smallest absolute Gasteiger partial charge is 0.306 e. The van der Waals surface area contributed by atoms with Crippen LogP contribution < -0.4 is 5.32 Å². The Hall–Kier alpha value is -2.70. The molecular formula is C51H89NO5. The Morgan fingerprint density at radius 1 is 0.526 bits per heavy atom. The van der Waals surface area contributed by atoms with Crippen molar-refractivity contribution in [2.45, 2.75) is 232 Å². The molecule has 3 N–H and O–H groups in total. The number of unbranched alkanes of at least 4 members (excludes halogenated alkanes) is 22. The first-order valence-corrected chi connectivity index (χ1v) is 23.7. The number of nitrogens with one attached hydrogen (secondary N) is 1. The standard InChI is InChI=1S/C51H89NO5/c1-4-7-10-13-16-19-22-23-24-25-26-27-29-32-35-38-41-44-51(56)57-47(42-39-36-33-30-28-20-17-14-11-8-5-2)45-50(55)52-48(46-53)49(54)43-40-37-34-31-21-18-15-12-9-6-3/h7,10,13,16,19,22-27,29,47-49,53-54H,4-6,8-9,11-12,14-15,17-18,20-21,28,30-46H2,1-3H3,(H,52,55)/b10-7-,16-13+,22-19+,24-23-,26-25+,29-27+. The Labute approximate surface area is 351 Å². The van der Waals surface area contributed by atoms with Crippen molar-refractivity contribution in [1.29, 1.82) is 0 Å². The average molecular weight is 796 g/mol. The predicted molar refractivity (Wildman–Crippen MR) is 245 cm³/mol. The maximum atomic E-state index is 13.1. The predicted octanol–water partition coefficient (Wildman–Crippen LogP) is 13.8. The van der Waals surface area contributed by atoms with Crippen molar-refractivity contribution in [1.82, 2.24) is 5.32 Å². The van der Waals surface area contributed by atoms with E-state index in [9.17, 15) is 19.8 Å². The molecule has 0 spiro atoms. The number of ether oxygens (including phenoxy) is 1. The highest BCUT2D eigenvalue weighted by atomic mass is 16.5. The van der Waals surface area contributed by atoms with Crippen LogP contribution in [0, 0.1) is 0 Å². The average Bonchev–Trinajstić information content (AvgIpc) is 3.20. The maximum Gasteiger partial charge on any atom is 0.306 e. The van der Waals surface area contributed by atoms with Gasteiger partial charge in [0.1, 0.15) is 6.10 Å². The Morgan fingerprint density at radius 3 is 1.42 bits per heavy atom. The van der Waals surface area contributed by atoms with Gasteiger partial charge in [-0.3, -0.25) is 9.59 Å². The Morgan fingerprint density at radius 2 is 0.947 bits per heavy atom. The second-order valence-electron chi connectivity index (χ2n) is 15.9. The van der Waals surface area contributed by atoms with Gasteiger partial charge in [0.05, 0.1) is 25.2 Å². The van der Waals surface area contributed by atoms with Gasteiger partial charge in [0.25, 0.3) is 0 Å². The molecule has 6 heteroatoms. The number of esters is 1. The highest BCUT2D eigenvalue weighted by Gasteiger charge is 2.24. The number of hydrogen-bond donors (Lipinski definition) is 3. The third kappa shape index (κ3) is 39.9. The summed E-state index contributed by atoms with van der Waals surface area (Å²) in [4.78, 5) is 26.0. The molecule has 0 bridgehead atoms. The zero-order chi connectivity index (χ0) is 41.7. The summed E-state index contributed by atoms with van der Waals surface area (Å²) in [6.07, 6.45) is 55.2.